The summed E-state index contributed by atoms with van der Waals surface area (Å²) >= 11 is 0. The van der Waals surface area contributed by atoms with Gasteiger partial charge in [-0.25, -0.2) is 4.39 Å². The number of hydrogen-bond acceptors (Lipinski definition) is 7. The summed E-state index contributed by atoms with van der Waals surface area (Å²) < 4.78 is 14.5. The molecule has 0 bridgehead atoms. The molecule has 1 unspecified atom stereocenters. The van der Waals surface area contributed by atoms with Crippen LogP contribution in [-0.4, -0.2) is 52.4 Å². The molecule has 0 aliphatic carbocycles. The van der Waals surface area contributed by atoms with Crippen molar-refractivity contribution in [1.29, 1.82) is 0 Å². The molecule has 0 spiro atoms. The first kappa shape index (κ1) is 39.6. The summed E-state index contributed by atoms with van der Waals surface area (Å²) in [7, 11) is 0. The molecule has 0 fully saturated rings. The molecule has 240 valence electrons. The topological polar surface area (TPSA) is 163 Å². The fourth-order valence-electron chi connectivity index (χ4n) is 4.24. The highest BCUT2D eigenvalue weighted by molar-refractivity contribution is 5.98. The maximum atomic E-state index is 14.5. The Bertz CT molecular complexity index is 1290. The molecule has 8 N–H and O–H groups in total. The zero-order chi connectivity index (χ0) is 30.9. The van der Waals surface area contributed by atoms with Gasteiger partial charge in [0.05, 0.1) is 6.04 Å². The minimum absolute atomic E-state index is 0. The van der Waals surface area contributed by atoms with Crippen LogP contribution in [-0.2, 0) is 22.7 Å². The summed E-state index contributed by atoms with van der Waals surface area (Å²) in [5, 5.41) is 18.7. The van der Waals surface area contributed by atoms with Crippen LogP contribution in [0, 0.1) is 5.82 Å². The maximum Gasteiger partial charge on any atom is 0.251 e. The highest BCUT2D eigenvalue weighted by Gasteiger charge is 2.27. The fourth-order valence-corrected chi connectivity index (χ4v) is 4.24. The van der Waals surface area contributed by atoms with Gasteiger partial charge in [-0.1, -0.05) is 26.8 Å². The molecule has 0 radical (unpaired) electrons. The first-order valence-corrected chi connectivity index (χ1v) is 13.7. The molecule has 10 nitrogen and oxygen atoms in total. The SMILES string of the molecule is C/C=C(/c1cc(N)cc(C(=O)N[C@@H](C)CC)c1)N(CC(=O)NCc1cc(O)c(CN)cc1F)C(=O)C(C)NC(C)C.Cl.Cl. The van der Waals surface area contributed by atoms with Gasteiger partial charge in [-0.15, -0.1) is 24.8 Å². The molecule has 3 amide bonds. The van der Waals surface area contributed by atoms with Gasteiger partial charge in [0.1, 0.15) is 18.1 Å². The van der Waals surface area contributed by atoms with E-state index in [9.17, 15) is 23.9 Å². The molecule has 0 heterocycles. The second-order valence-electron chi connectivity index (χ2n) is 10.3. The third-order valence-electron chi connectivity index (χ3n) is 6.53. The van der Waals surface area contributed by atoms with E-state index >= 15 is 0 Å². The van der Waals surface area contributed by atoms with Gasteiger partial charge < -0.3 is 37.4 Å². The zero-order valence-corrected chi connectivity index (χ0v) is 27.1. The quantitative estimate of drug-likeness (QED) is 0.181. The van der Waals surface area contributed by atoms with Crippen LogP contribution in [0.5, 0.6) is 5.75 Å². The van der Waals surface area contributed by atoms with Crippen molar-refractivity contribution in [3.05, 3.63) is 64.5 Å². The molecular weight excluding hydrogens is 598 g/mol. The predicted molar refractivity (Wildman–Crippen MR) is 173 cm³/mol. The van der Waals surface area contributed by atoms with Gasteiger partial charge in [0.15, 0.2) is 0 Å². The van der Waals surface area contributed by atoms with E-state index in [1.165, 1.54) is 11.0 Å². The van der Waals surface area contributed by atoms with Crippen molar-refractivity contribution in [3.63, 3.8) is 0 Å². The minimum atomic E-state index is -0.648. The number of halogens is 3. The number of carbonyl (C=O) groups is 3. The monoisotopic (exact) mass is 642 g/mol. The molecule has 0 aromatic heterocycles. The van der Waals surface area contributed by atoms with Crippen LogP contribution in [0.2, 0.25) is 0 Å². The highest BCUT2D eigenvalue weighted by atomic mass is 35.5. The molecule has 2 rings (SSSR count). The Hall–Kier alpha value is -3.38. The summed E-state index contributed by atoms with van der Waals surface area (Å²) in [5.41, 5.74) is 13.5. The van der Waals surface area contributed by atoms with Crippen molar-refractivity contribution in [2.24, 2.45) is 5.73 Å². The Balaban J connectivity index is 0.00000882. The molecule has 0 saturated heterocycles. The molecule has 0 aliphatic heterocycles. The number of nitrogens with two attached hydrogens (primary N) is 2. The summed E-state index contributed by atoms with van der Waals surface area (Å²) in [6.07, 6.45) is 2.42. The van der Waals surface area contributed by atoms with Crippen molar-refractivity contribution in [1.82, 2.24) is 20.9 Å². The number of allylic oxidation sites excluding steroid dienone is 1. The molecule has 0 saturated carbocycles. The second-order valence-corrected chi connectivity index (χ2v) is 10.3. The van der Waals surface area contributed by atoms with E-state index in [0.29, 0.717) is 22.5 Å². The largest absolute Gasteiger partial charge is 0.508 e. The number of nitrogens with zero attached hydrogens (tertiary/aromatic N) is 1. The van der Waals surface area contributed by atoms with Crippen molar-refractivity contribution >= 4 is 53.9 Å². The summed E-state index contributed by atoms with van der Waals surface area (Å²) in [4.78, 5) is 40.9. The fraction of sp³-hybridized carbons (Fsp3) is 0.433. The molecular formula is C30H45Cl2FN6O4. The average molecular weight is 644 g/mol. The van der Waals surface area contributed by atoms with Gasteiger partial charge in [0.2, 0.25) is 11.8 Å². The van der Waals surface area contributed by atoms with Crippen molar-refractivity contribution in [2.45, 2.75) is 79.2 Å². The predicted octanol–water partition coefficient (Wildman–Crippen LogP) is 3.84. The molecule has 2 atom stereocenters. The van der Waals surface area contributed by atoms with E-state index in [1.54, 1.807) is 38.1 Å². The number of phenolic OH excluding ortho intramolecular Hbond substituents is 1. The number of hydrogen-bond donors (Lipinski definition) is 6. The number of nitrogen functional groups attached to an aromatic ring is 1. The lowest BCUT2D eigenvalue weighted by molar-refractivity contribution is -0.134. The number of aromatic hydroxyl groups is 1. The van der Waals surface area contributed by atoms with Gasteiger partial charge in [0, 0.05) is 58.8 Å². The normalized spacial score (nSPS) is 12.4. The van der Waals surface area contributed by atoms with Crippen molar-refractivity contribution in [3.8, 4) is 5.75 Å². The van der Waals surface area contributed by atoms with Crippen LogP contribution in [0.3, 0.4) is 0 Å². The number of benzene rings is 2. The van der Waals surface area contributed by atoms with Crippen LogP contribution in [0.4, 0.5) is 10.1 Å². The van der Waals surface area contributed by atoms with E-state index in [1.807, 2.05) is 27.7 Å². The van der Waals surface area contributed by atoms with E-state index in [4.69, 9.17) is 11.5 Å². The zero-order valence-electron chi connectivity index (χ0n) is 25.5. The first-order valence-electron chi connectivity index (χ1n) is 13.7. The third-order valence-corrected chi connectivity index (χ3v) is 6.53. The molecule has 0 aliphatic rings. The summed E-state index contributed by atoms with van der Waals surface area (Å²) in [6.45, 7) is 10.4. The highest BCUT2D eigenvalue weighted by Crippen LogP contribution is 2.25. The number of rotatable bonds is 13. The van der Waals surface area contributed by atoms with Crippen molar-refractivity contribution in [2.75, 3.05) is 12.3 Å². The van der Waals surface area contributed by atoms with Gasteiger partial charge >= 0.3 is 0 Å². The Morgan fingerprint density at radius 2 is 1.65 bits per heavy atom. The third kappa shape index (κ3) is 11.3. The number of phenols is 1. The Kier molecular flexibility index (Phi) is 16.9. The summed E-state index contributed by atoms with van der Waals surface area (Å²) in [5.74, 6) is -2.04. The Labute approximate surface area is 265 Å². The standard InChI is InChI=1S/C30H43FN6O4.2ClH/c1-7-18(5)36-29(40)21-9-20(10-24(33)11-21)26(8-2)37(30(41)19(6)35-17(3)4)16-28(39)34-15-23-13-27(38)22(14-32)12-25(23)31;;/h8-13,17-19,35,38H,7,14-16,32-33H2,1-6H3,(H,34,39)(H,36,40);2*1H/b26-8-;;/t18-,19?;;/m0../s1. The van der Waals surface area contributed by atoms with Gasteiger partial charge in [-0.3, -0.25) is 14.4 Å². The van der Waals surface area contributed by atoms with Crippen LogP contribution >= 0.6 is 24.8 Å². The lowest BCUT2D eigenvalue weighted by Gasteiger charge is -2.29. The average Bonchev–Trinajstić information content (AvgIpc) is 2.91. The second kappa shape index (κ2) is 18.3. The smallest absolute Gasteiger partial charge is 0.251 e. The van der Waals surface area contributed by atoms with Gasteiger partial charge in [0.25, 0.3) is 5.91 Å². The van der Waals surface area contributed by atoms with Crippen LogP contribution < -0.4 is 27.4 Å². The summed E-state index contributed by atoms with van der Waals surface area (Å²) in [6, 6.07) is 6.45. The van der Waals surface area contributed by atoms with E-state index in [-0.39, 0.29) is 85.2 Å². The number of carbonyl (C=O) groups excluding carboxylic acids is 3. The Morgan fingerprint density at radius 3 is 2.21 bits per heavy atom. The minimum Gasteiger partial charge on any atom is -0.508 e. The maximum absolute atomic E-state index is 14.5. The lowest BCUT2D eigenvalue weighted by Crippen LogP contribution is -2.49. The molecule has 2 aromatic carbocycles. The van der Waals surface area contributed by atoms with E-state index in [0.717, 1.165) is 12.5 Å². The van der Waals surface area contributed by atoms with Crippen LogP contribution in [0.15, 0.2) is 36.4 Å². The molecule has 43 heavy (non-hydrogen) atoms. The Morgan fingerprint density at radius 1 is 1.02 bits per heavy atom. The number of amides is 3. The van der Waals surface area contributed by atoms with Gasteiger partial charge in [-0.05, 0) is 57.5 Å². The van der Waals surface area contributed by atoms with E-state index in [2.05, 4.69) is 16.0 Å². The van der Waals surface area contributed by atoms with Crippen LogP contribution in [0.25, 0.3) is 5.70 Å². The molecule has 13 heteroatoms. The molecule has 2 aromatic rings. The lowest BCUT2D eigenvalue weighted by atomic mass is 10.0. The van der Waals surface area contributed by atoms with Gasteiger partial charge in [-0.2, -0.15) is 0 Å². The number of nitrogens with one attached hydrogen (secondary N) is 3. The first-order chi connectivity index (χ1) is 19.3. The van der Waals surface area contributed by atoms with Crippen molar-refractivity contribution < 1.29 is 23.9 Å². The van der Waals surface area contributed by atoms with Crippen LogP contribution in [0.1, 0.15) is 75.0 Å². The number of anilines is 1. The van der Waals surface area contributed by atoms with E-state index < -0.39 is 17.8 Å².